The number of rotatable bonds is 4. The molecule has 0 aliphatic carbocycles. The highest BCUT2D eigenvalue weighted by Crippen LogP contribution is 2.31. The van der Waals surface area contributed by atoms with Crippen LogP contribution in [0.3, 0.4) is 0 Å². The van der Waals surface area contributed by atoms with Gasteiger partial charge in [-0.2, -0.15) is 0 Å². The van der Waals surface area contributed by atoms with Gasteiger partial charge in [-0.05, 0) is 36.2 Å². The summed E-state index contributed by atoms with van der Waals surface area (Å²) in [7, 11) is 1.62. The van der Waals surface area contributed by atoms with Crippen molar-refractivity contribution in [2.75, 3.05) is 20.2 Å². The van der Waals surface area contributed by atoms with Gasteiger partial charge in [0.05, 0.1) is 12.0 Å². The van der Waals surface area contributed by atoms with Gasteiger partial charge in [0.15, 0.2) is 5.75 Å². The van der Waals surface area contributed by atoms with E-state index < -0.39 is 16.4 Å². The average molecular weight is 342 g/mol. The van der Waals surface area contributed by atoms with Crippen LogP contribution >= 0.6 is 0 Å². The third-order valence-corrected chi connectivity index (χ3v) is 4.48. The fourth-order valence-electron chi connectivity index (χ4n) is 3.09. The molecule has 2 aromatic rings. The molecular formula is C18H18N2O5. The number of hydrogen-bond acceptors (Lipinski definition) is 5. The normalized spacial score (nSPS) is 16.7. The van der Waals surface area contributed by atoms with Crippen molar-refractivity contribution in [1.82, 2.24) is 4.90 Å². The van der Waals surface area contributed by atoms with Gasteiger partial charge in [-0.3, -0.25) is 14.9 Å². The van der Waals surface area contributed by atoms with E-state index in [0.717, 1.165) is 29.9 Å². The summed E-state index contributed by atoms with van der Waals surface area (Å²) in [6.45, 7) is 1.18. The van der Waals surface area contributed by atoms with Crippen molar-refractivity contribution < 1.29 is 19.6 Å². The number of carbonyl (C=O) groups is 1. The van der Waals surface area contributed by atoms with Gasteiger partial charge < -0.3 is 14.7 Å². The molecule has 7 nitrogen and oxygen atoms in total. The van der Waals surface area contributed by atoms with Crippen LogP contribution in [0.15, 0.2) is 42.5 Å². The van der Waals surface area contributed by atoms with Gasteiger partial charge in [-0.1, -0.05) is 12.1 Å². The minimum atomic E-state index is -0.681. The van der Waals surface area contributed by atoms with Gasteiger partial charge in [-0.15, -0.1) is 0 Å². The highest BCUT2D eigenvalue weighted by Gasteiger charge is 2.28. The van der Waals surface area contributed by atoms with Crippen molar-refractivity contribution in [3.8, 4) is 11.5 Å². The molecule has 2 aromatic carbocycles. The summed E-state index contributed by atoms with van der Waals surface area (Å²) in [6.07, 6.45) is 0.844. The average Bonchev–Trinajstić information content (AvgIpc) is 3.10. The van der Waals surface area contributed by atoms with E-state index in [1.165, 1.54) is 6.07 Å². The first-order valence-electron chi connectivity index (χ1n) is 7.90. The van der Waals surface area contributed by atoms with Gasteiger partial charge in [0.2, 0.25) is 0 Å². The fraction of sp³-hybridized carbons (Fsp3) is 0.278. The number of ether oxygens (including phenoxy) is 1. The molecular weight excluding hydrogens is 324 g/mol. The van der Waals surface area contributed by atoms with Crippen LogP contribution in [-0.4, -0.2) is 41.0 Å². The number of likely N-dealkylation sites (tertiary alicyclic amines) is 1. The molecule has 0 aromatic heterocycles. The maximum absolute atomic E-state index is 12.6. The number of carbonyl (C=O) groups excluding carboxylic acids is 1. The number of amides is 1. The molecule has 1 atom stereocenters. The molecule has 0 unspecified atom stereocenters. The Bertz CT molecular complexity index is 804. The number of phenolic OH excluding ortho intramolecular Hbond substituents is 1. The maximum Gasteiger partial charge on any atom is 0.310 e. The Morgan fingerprint density at radius 3 is 2.60 bits per heavy atom. The van der Waals surface area contributed by atoms with Gasteiger partial charge in [0.1, 0.15) is 5.75 Å². The Hall–Kier alpha value is -3.09. The third-order valence-electron chi connectivity index (χ3n) is 4.48. The lowest BCUT2D eigenvalue weighted by Crippen LogP contribution is -2.28. The summed E-state index contributed by atoms with van der Waals surface area (Å²) in [4.78, 5) is 24.4. The molecule has 1 heterocycles. The zero-order valence-electron chi connectivity index (χ0n) is 13.7. The van der Waals surface area contributed by atoms with Gasteiger partial charge in [-0.25, -0.2) is 0 Å². The third kappa shape index (κ3) is 3.40. The molecule has 130 valence electrons. The highest BCUT2D eigenvalue weighted by atomic mass is 16.6. The first-order chi connectivity index (χ1) is 12.0. The second-order valence-corrected chi connectivity index (χ2v) is 5.97. The molecule has 0 bridgehead atoms. The Kier molecular flexibility index (Phi) is 4.56. The van der Waals surface area contributed by atoms with Crippen LogP contribution in [0.5, 0.6) is 11.5 Å². The Morgan fingerprint density at radius 1 is 1.28 bits per heavy atom. The summed E-state index contributed by atoms with van der Waals surface area (Å²) in [5.41, 5.74) is 0.982. The Balaban J connectivity index is 1.71. The summed E-state index contributed by atoms with van der Waals surface area (Å²) in [6, 6.07) is 11.5. The molecule has 1 saturated heterocycles. The van der Waals surface area contributed by atoms with Crippen LogP contribution in [0.4, 0.5) is 5.69 Å². The summed E-state index contributed by atoms with van der Waals surface area (Å²) in [5.74, 6) is 0.292. The molecule has 0 spiro atoms. The van der Waals surface area contributed by atoms with E-state index in [2.05, 4.69) is 0 Å². The molecule has 25 heavy (non-hydrogen) atoms. The molecule has 1 N–H and O–H groups in total. The van der Waals surface area contributed by atoms with Crippen LogP contribution < -0.4 is 4.74 Å². The quantitative estimate of drug-likeness (QED) is 0.681. The second-order valence-electron chi connectivity index (χ2n) is 5.97. The first-order valence-corrected chi connectivity index (χ1v) is 7.90. The van der Waals surface area contributed by atoms with Crippen LogP contribution in [0.25, 0.3) is 0 Å². The van der Waals surface area contributed by atoms with E-state index in [0.29, 0.717) is 13.1 Å². The standard InChI is InChI=1S/C18H18N2O5/c1-25-15-5-2-12(3-6-15)14-8-9-19(11-14)18(22)13-4-7-16(20(23)24)17(21)10-13/h2-7,10,14,21H,8-9,11H2,1H3/t14-/m1/s1. The molecule has 1 aliphatic heterocycles. The molecule has 7 heteroatoms. The van der Waals surface area contributed by atoms with Gasteiger partial charge in [0, 0.05) is 30.6 Å². The van der Waals surface area contributed by atoms with Crippen molar-refractivity contribution in [2.45, 2.75) is 12.3 Å². The van der Waals surface area contributed by atoms with Crippen molar-refractivity contribution in [3.05, 3.63) is 63.7 Å². The van der Waals surface area contributed by atoms with Crippen molar-refractivity contribution in [1.29, 1.82) is 0 Å². The summed E-state index contributed by atoms with van der Waals surface area (Å²) in [5, 5.41) is 20.5. The molecule has 1 amide bonds. The predicted octanol–water partition coefficient (Wildman–Crippen LogP) is 2.94. The van der Waals surface area contributed by atoms with Crippen LogP contribution in [0.2, 0.25) is 0 Å². The molecule has 3 rings (SSSR count). The van der Waals surface area contributed by atoms with E-state index >= 15 is 0 Å². The number of nitrogens with zero attached hydrogens (tertiary/aromatic N) is 2. The predicted molar refractivity (Wildman–Crippen MR) is 91.0 cm³/mol. The summed E-state index contributed by atoms with van der Waals surface area (Å²) >= 11 is 0. The molecule has 0 saturated carbocycles. The van der Waals surface area contributed by atoms with E-state index in [1.54, 1.807) is 12.0 Å². The Morgan fingerprint density at radius 2 is 2.00 bits per heavy atom. The van der Waals surface area contributed by atoms with Gasteiger partial charge in [0.25, 0.3) is 5.91 Å². The number of hydrogen-bond donors (Lipinski definition) is 1. The second kappa shape index (κ2) is 6.80. The molecule has 0 radical (unpaired) electrons. The SMILES string of the molecule is COc1ccc([C@@H]2CCN(C(=O)c3ccc([N+](=O)[O-])c(O)c3)C2)cc1. The number of nitro benzene ring substituents is 1. The highest BCUT2D eigenvalue weighted by molar-refractivity contribution is 5.95. The number of methoxy groups -OCH3 is 1. The maximum atomic E-state index is 12.6. The first kappa shape index (κ1) is 16.8. The lowest BCUT2D eigenvalue weighted by Gasteiger charge is -2.17. The van der Waals surface area contributed by atoms with Crippen LogP contribution in [-0.2, 0) is 0 Å². The summed E-state index contributed by atoms with van der Waals surface area (Å²) < 4.78 is 5.15. The smallest absolute Gasteiger partial charge is 0.310 e. The van der Waals surface area contributed by atoms with E-state index in [1.807, 2.05) is 24.3 Å². The minimum Gasteiger partial charge on any atom is -0.502 e. The number of aromatic hydroxyl groups is 1. The number of benzene rings is 2. The number of nitro groups is 1. The van der Waals surface area contributed by atoms with Gasteiger partial charge >= 0.3 is 5.69 Å². The minimum absolute atomic E-state index is 0.235. The zero-order chi connectivity index (χ0) is 18.0. The fourth-order valence-corrected chi connectivity index (χ4v) is 3.09. The van der Waals surface area contributed by atoms with Crippen LogP contribution in [0, 0.1) is 10.1 Å². The lowest BCUT2D eigenvalue weighted by atomic mass is 9.98. The van der Waals surface area contributed by atoms with Crippen molar-refractivity contribution >= 4 is 11.6 Å². The van der Waals surface area contributed by atoms with Crippen molar-refractivity contribution in [3.63, 3.8) is 0 Å². The lowest BCUT2D eigenvalue weighted by molar-refractivity contribution is -0.385. The Labute approximate surface area is 144 Å². The van der Waals surface area contributed by atoms with E-state index in [4.69, 9.17) is 4.74 Å². The molecule has 1 fully saturated rings. The van der Waals surface area contributed by atoms with Crippen molar-refractivity contribution in [2.24, 2.45) is 0 Å². The van der Waals surface area contributed by atoms with E-state index in [9.17, 15) is 20.0 Å². The number of phenols is 1. The zero-order valence-corrected chi connectivity index (χ0v) is 13.7. The van der Waals surface area contributed by atoms with E-state index in [-0.39, 0.29) is 17.4 Å². The molecule has 1 aliphatic rings. The largest absolute Gasteiger partial charge is 0.502 e. The monoisotopic (exact) mass is 342 g/mol. The topological polar surface area (TPSA) is 92.9 Å². The van der Waals surface area contributed by atoms with Crippen LogP contribution in [0.1, 0.15) is 28.3 Å².